The van der Waals surface area contributed by atoms with Crippen molar-refractivity contribution in [3.8, 4) is 5.75 Å². The lowest BCUT2D eigenvalue weighted by molar-refractivity contribution is -0.146. The van der Waals surface area contributed by atoms with Crippen molar-refractivity contribution in [3.63, 3.8) is 0 Å². The van der Waals surface area contributed by atoms with E-state index in [0.29, 0.717) is 38.1 Å². The Balaban J connectivity index is 1.57. The first kappa shape index (κ1) is 17.3. The molecule has 0 radical (unpaired) electrons. The molecule has 2 heterocycles. The molecule has 2 aliphatic rings. The van der Waals surface area contributed by atoms with Crippen LogP contribution in [-0.2, 0) is 14.4 Å². The van der Waals surface area contributed by atoms with E-state index in [4.69, 9.17) is 9.84 Å². The van der Waals surface area contributed by atoms with Gasteiger partial charge in [-0.1, -0.05) is 6.07 Å². The molecule has 1 aromatic rings. The Morgan fingerprint density at radius 3 is 2.80 bits per heavy atom. The fraction of sp³-hybridized carbons (Fsp3) is 0.500. The zero-order valence-corrected chi connectivity index (χ0v) is 14.0. The molecule has 0 bridgehead atoms. The number of carboxylic acid groups (broad SMARTS) is 1. The van der Waals surface area contributed by atoms with E-state index in [-0.39, 0.29) is 25.0 Å². The molecule has 2 aliphatic heterocycles. The van der Waals surface area contributed by atoms with Crippen LogP contribution in [0.2, 0.25) is 0 Å². The van der Waals surface area contributed by atoms with E-state index < -0.39 is 11.9 Å². The molecule has 3 rings (SSSR count). The minimum absolute atomic E-state index is 0.0984. The van der Waals surface area contributed by atoms with Crippen molar-refractivity contribution >= 4 is 23.5 Å². The highest BCUT2D eigenvalue weighted by atomic mass is 16.5. The van der Waals surface area contributed by atoms with Crippen LogP contribution in [-0.4, -0.2) is 54.0 Å². The monoisotopic (exact) mass is 346 g/mol. The van der Waals surface area contributed by atoms with Gasteiger partial charge < -0.3 is 19.6 Å². The minimum atomic E-state index is -0.860. The van der Waals surface area contributed by atoms with E-state index in [1.807, 2.05) is 6.07 Å². The summed E-state index contributed by atoms with van der Waals surface area (Å²) in [7, 11) is 0. The number of carbonyl (C=O) groups excluding carboxylic acids is 2. The number of piperidine rings is 1. The number of carboxylic acids is 1. The van der Waals surface area contributed by atoms with Gasteiger partial charge in [-0.3, -0.25) is 14.4 Å². The second-order valence-corrected chi connectivity index (χ2v) is 6.45. The van der Waals surface area contributed by atoms with Gasteiger partial charge >= 0.3 is 5.97 Å². The maximum atomic E-state index is 12.3. The molecule has 25 heavy (non-hydrogen) atoms. The van der Waals surface area contributed by atoms with Gasteiger partial charge in [-0.05, 0) is 31.4 Å². The second-order valence-electron chi connectivity index (χ2n) is 6.45. The number of carbonyl (C=O) groups is 3. The van der Waals surface area contributed by atoms with Gasteiger partial charge in [-0.2, -0.15) is 0 Å². The van der Waals surface area contributed by atoms with Crippen LogP contribution in [0, 0.1) is 5.92 Å². The highest BCUT2D eigenvalue weighted by Crippen LogP contribution is 2.25. The number of amides is 2. The van der Waals surface area contributed by atoms with Crippen LogP contribution in [0.15, 0.2) is 24.3 Å². The smallest absolute Gasteiger partial charge is 0.308 e. The van der Waals surface area contributed by atoms with Crippen molar-refractivity contribution in [2.45, 2.75) is 25.7 Å². The van der Waals surface area contributed by atoms with Crippen molar-refractivity contribution in [1.29, 1.82) is 0 Å². The minimum Gasteiger partial charge on any atom is -0.484 e. The van der Waals surface area contributed by atoms with Crippen molar-refractivity contribution < 1.29 is 24.2 Å². The molecule has 1 N–H and O–H groups in total. The Kier molecular flexibility index (Phi) is 5.21. The molecule has 0 aromatic heterocycles. The quantitative estimate of drug-likeness (QED) is 0.873. The molecular formula is C18H22N2O5. The Bertz CT molecular complexity index is 675. The average molecular weight is 346 g/mol. The number of ether oxygens (including phenoxy) is 1. The highest BCUT2D eigenvalue weighted by molar-refractivity contribution is 5.95. The summed E-state index contributed by atoms with van der Waals surface area (Å²) in [6.07, 6.45) is 2.70. The summed E-state index contributed by atoms with van der Waals surface area (Å²) in [5, 5.41) is 9.10. The van der Waals surface area contributed by atoms with Gasteiger partial charge in [0.1, 0.15) is 5.75 Å². The Hall–Kier alpha value is -2.57. The van der Waals surface area contributed by atoms with Crippen molar-refractivity contribution in [2.75, 3.05) is 31.1 Å². The maximum Gasteiger partial charge on any atom is 0.308 e. The highest BCUT2D eigenvalue weighted by Gasteiger charge is 2.28. The summed E-state index contributed by atoms with van der Waals surface area (Å²) in [6.45, 7) is 1.36. The number of aliphatic carboxylic acids is 1. The van der Waals surface area contributed by atoms with Gasteiger partial charge in [0.15, 0.2) is 6.61 Å². The fourth-order valence-corrected chi connectivity index (χ4v) is 3.30. The van der Waals surface area contributed by atoms with Crippen LogP contribution < -0.4 is 9.64 Å². The van der Waals surface area contributed by atoms with Gasteiger partial charge in [0.2, 0.25) is 5.91 Å². The maximum absolute atomic E-state index is 12.3. The number of hydrogen-bond donors (Lipinski definition) is 1. The molecule has 0 unspecified atom stereocenters. The molecule has 0 aliphatic carbocycles. The summed E-state index contributed by atoms with van der Waals surface area (Å²) in [6, 6.07) is 7.14. The van der Waals surface area contributed by atoms with E-state index in [9.17, 15) is 14.4 Å². The predicted octanol–water partition coefficient (Wildman–Crippen LogP) is 1.52. The van der Waals surface area contributed by atoms with Crippen LogP contribution in [0.25, 0.3) is 0 Å². The molecule has 1 atom stereocenters. The van der Waals surface area contributed by atoms with E-state index in [2.05, 4.69) is 0 Å². The van der Waals surface area contributed by atoms with Gasteiger partial charge in [-0.25, -0.2) is 0 Å². The summed E-state index contributed by atoms with van der Waals surface area (Å²) in [5.41, 5.74) is 0.774. The van der Waals surface area contributed by atoms with Crippen molar-refractivity contribution in [2.24, 2.45) is 5.92 Å². The number of nitrogens with zero attached hydrogens (tertiary/aromatic N) is 2. The molecule has 1 aromatic carbocycles. The molecule has 0 saturated carbocycles. The molecule has 2 amide bonds. The third kappa shape index (κ3) is 4.10. The van der Waals surface area contributed by atoms with Crippen LogP contribution in [0.5, 0.6) is 5.75 Å². The topological polar surface area (TPSA) is 87.2 Å². The van der Waals surface area contributed by atoms with Crippen LogP contribution in [0.1, 0.15) is 25.7 Å². The zero-order valence-electron chi connectivity index (χ0n) is 14.0. The first-order valence-corrected chi connectivity index (χ1v) is 8.58. The Labute approximate surface area is 146 Å². The third-order valence-corrected chi connectivity index (χ3v) is 4.69. The Morgan fingerprint density at radius 1 is 1.24 bits per heavy atom. The first-order valence-electron chi connectivity index (χ1n) is 8.58. The third-order valence-electron chi connectivity index (χ3n) is 4.69. The van der Waals surface area contributed by atoms with E-state index in [1.54, 1.807) is 28.0 Å². The number of hydrogen-bond acceptors (Lipinski definition) is 4. The predicted molar refractivity (Wildman–Crippen MR) is 90.5 cm³/mol. The van der Waals surface area contributed by atoms with Crippen molar-refractivity contribution in [3.05, 3.63) is 24.3 Å². The summed E-state index contributed by atoms with van der Waals surface area (Å²) in [4.78, 5) is 38.5. The molecule has 134 valence electrons. The lowest BCUT2D eigenvalue weighted by Gasteiger charge is -2.30. The molecule has 2 saturated heterocycles. The van der Waals surface area contributed by atoms with Gasteiger partial charge in [-0.15, -0.1) is 0 Å². The van der Waals surface area contributed by atoms with Gasteiger partial charge in [0, 0.05) is 37.8 Å². The fourth-order valence-electron chi connectivity index (χ4n) is 3.30. The van der Waals surface area contributed by atoms with Crippen LogP contribution >= 0.6 is 0 Å². The summed E-state index contributed by atoms with van der Waals surface area (Å²) >= 11 is 0. The second kappa shape index (κ2) is 7.55. The van der Waals surface area contributed by atoms with Crippen LogP contribution in [0.4, 0.5) is 5.69 Å². The standard InChI is InChI=1S/C18H22N2O5/c21-16-7-3-9-20(16)14-5-1-6-15(10-14)25-12-17(22)19-8-2-4-13(11-19)18(23)24/h1,5-6,10,13H,2-4,7-9,11-12H2,(H,23,24)/t13-/m1/s1. The first-order chi connectivity index (χ1) is 12.0. The summed E-state index contributed by atoms with van der Waals surface area (Å²) in [5.74, 6) is -0.948. The molecule has 7 heteroatoms. The number of likely N-dealkylation sites (tertiary alicyclic amines) is 1. The SMILES string of the molecule is O=C(O)[C@@H]1CCCN(C(=O)COc2cccc(N3CCCC3=O)c2)C1. The molecule has 2 fully saturated rings. The Morgan fingerprint density at radius 2 is 2.08 bits per heavy atom. The van der Waals surface area contributed by atoms with Gasteiger partial charge in [0.05, 0.1) is 5.92 Å². The van der Waals surface area contributed by atoms with E-state index >= 15 is 0 Å². The van der Waals surface area contributed by atoms with Gasteiger partial charge in [0.25, 0.3) is 5.91 Å². The van der Waals surface area contributed by atoms with Crippen molar-refractivity contribution in [1.82, 2.24) is 4.90 Å². The molecular weight excluding hydrogens is 324 g/mol. The number of rotatable bonds is 5. The lowest BCUT2D eigenvalue weighted by atomic mass is 9.98. The summed E-state index contributed by atoms with van der Waals surface area (Å²) < 4.78 is 5.58. The van der Waals surface area contributed by atoms with E-state index in [0.717, 1.165) is 12.1 Å². The largest absolute Gasteiger partial charge is 0.484 e. The zero-order chi connectivity index (χ0) is 17.8. The van der Waals surface area contributed by atoms with E-state index in [1.165, 1.54) is 0 Å². The molecule has 0 spiro atoms. The average Bonchev–Trinajstić information content (AvgIpc) is 3.06. The number of anilines is 1. The number of benzene rings is 1. The molecule has 7 nitrogen and oxygen atoms in total. The lowest BCUT2D eigenvalue weighted by Crippen LogP contribution is -2.44. The van der Waals surface area contributed by atoms with Crippen LogP contribution in [0.3, 0.4) is 0 Å². The normalized spacial score (nSPS) is 20.6.